The van der Waals surface area contributed by atoms with Gasteiger partial charge in [-0.3, -0.25) is 19.2 Å². The van der Waals surface area contributed by atoms with E-state index in [0.29, 0.717) is 249 Å². The van der Waals surface area contributed by atoms with Crippen LogP contribution in [0.1, 0.15) is 88.8 Å². The summed E-state index contributed by atoms with van der Waals surface area (Å²) in [6, 6.07) is 3.27. The average molecular weight is 1670 g/mol. The molecule has 2 aromatic rings. The Bertz CT molecular complexity index is 2860. The van der Waals surface area contributed by atoms with Crippen LogP contribution >= 0.6 is 0 Å². The maximum atomic E-state index is 13.9. The molecule has 0 bridgehead atoms. The number of rotatable bonds is 84. The number of carbonyl (C=O) groups is 4. The van der Waals surface area contributed by atoms with E-state index in [0.717, 1.165) is 0 Å². The molecule has 0 saturated carbocycles. The molecule has 0 saturated heterocycles. The topological polar surface area (TPSA) is 433 Å². The van der Waals surface area contributed by atoms with Gasteiger partial charge < -0.3 is 150 Å². The zero-order valence-electron chi connectivity index (χ0n) is 69.2. The monoisotopic (exact) mass is 1670 g/mol. The third kappa shape index (κ3) is 56.6. The lowest BCUT2D eigenvalue weighted by Crippen LogP contribution is -2.41. The number of carbonyl (C=O) groups excluding carboxylic acids is 4. The lowest BCUT2D eigenvalue weighted by Gasteiger charge is -2.19. The predicted octanol–water partition coefficient (Wildman–Crippen LogP) is 3.71. The summed E-state index contributed by atoms with van der Waals surface area (Å²) in [5, 5.41) is 30.6. The highest BCUT2D eigenvalue weighted by atomic mass is 16.6. The van der Waals surface area contributed by atoms with Gasteiger partial charge in [0.15, 0.2) is 29.3 Å². The molecule has 0 radical (unpaired) electrons. The maximum Gasteiger partial charge on any atom is 0.342 e. The van der Waals surface area contributed by atoms with Gasteiger partial charge in [0, 0.05) is 45.3 Å². The van der Waals surface area contributed by atoms with Gasteiger partial charge >= 0.3 is 17.6 Å². The van der Waals surface area contributed by atoms with Gasteiger partial charge in [-0.05, 0) is 62.5 Å². The first-order chi connectivity index (χ1) is 56.5. The van der Waals surface area contributed by atoms with Gasteiger partial charge in [-0.15, -0.1) is 0 Å². The molecule has 40 nitrogen and oxygen atoms in total. The van der Waals surface area contributed by atoms with Crippen LogP contribution in [0.4, 0.5) is 5.82 Å². The number of Topliss-reactive ketones (excluding diaryl/α,β-unsaturated/α-hetero) is 1. The number of ether oxygens (including phenoxy) is 24. The Labute approximate surface area is 681 Å². The quantitative estimate of drug-likeness (QED) is 0.0279. The van der Waals surface area contributed by atoms with Gasteiger partial charge in [-0.25, -0.2) is 14.5 Å². The van der Waals surface area contributed by atoms with Gasteiger partial charge in [0.2, 0.25) is 17.6 Å². The number of aromatic nitrogens is 2. The van der Waals surface area contributed by atoms with Crippen LogP contribution in [0, 0.1) is 27.2 Å². The number of nitrogens with one attached hydrogen (secondary N) is 3. The Kier molecular flexibility index (Phi) is 63.5. The number of methoxy groups -OCH3 is 1. The molecule has 2 heterocycles. The van der Waals surface area contributed by atoms with Gasteiger partial charge in [0.05, 0.1) is 277 Å². The van der Waals surface area contributed by atoms with Gasteiger partial charge in [0.1, 0.15) is 44.7 Å². The van der Waals surface area contributed by atoms with Crippen molar-refractivity contribution >= 4 is 29.4 Å². The lowest BCUT2D eigenvalue weighted by atomic mass is 10.0. The fourth-order valence-corrected chi connectivity index (χ4v) is 9.99. The molecule has 1 atom stereocenters. The molecule has 116 heavy (non-hydrogen) atoms. The van der Waals surface area contributed by atoms with E-state index in [1.165, 1.54) is 17.0 Å². The highest BCUT2D eigenvalue weighted by Crippen LogP contribution is 2.40. The van der Waals surface area contributed by atoms with Gasteiger partial charge in [-0.1, -0.05) is 6.42 Å². The van der Waals surface area contributed by atoms with E-state index in [2.05, 4.69) is 20.9 Å². The molecule has 668 valence electrons. The first kappa shape index (κ1) is 103. The van der Waals surface area contributed by atoms with Crippen molar-refractivity contribution in [3.05, 3.63) is 62.0 Å². The Morgan fingerprint density at radius 2 is 0.767 bits per heavy atom. The summed E-state index contributed by atoms with van der Waals surface area (Å²) in [7, 11) is 1.61. The summed E-state index contributed by atoms with van der Waals surface area (Å²) in [5.41, 5.74) is -0.229. The predicted molar refractivity (Wildman–Crippen MR) is 417 cm³/mol. The van der Waals surface area contributed by atoms with Crippen molar-refractivity contribution in [2.24, 2.45) is 0 Å². The van der Waals surface area contributed by atoms with E-state index in [-0.39, 0.29) is 170 Å². The number of unbranched alkanes of at least 4 members (excludes halogenated alkanes) is 2. The first-order valence-corrected chi connectivity index (χ1v) is 39.8. The van der Waals surface area contributed by atoms with Crippen molar-refractivity contribution in [3.8, 4) is 17.2 Å². The van der Waals surface area contributed by atoms with Crippen molar-refractivity contribution in [3.63, 3.8) is 0 Å². The van der Waals surface area contributed by atoms with E-state index in [4.69, 9.17) is 114 Å². The van der Waals surface area contributed by atoms with E-state index >= 15 is 0 Å². The Morgan fingerprint density at radius 1 is 0.440 bits per heavy atom. The molecule has 1 unspecified atom stereocenters. The van der Waals surface area contributed by atoms with Crippen LogP contribution in [0.3, 0.4) is 0 Å². The number of benzene rings is 1. The number of nitro groups is 2. The van der Waals surface area contributed by atoms with E-state index in [1.807, 2.05) is 20.8 Å². The zero-order chi connectivity index (χ0) is 83.8. The first-order valence-electron chi connectivity index (χ1n) is 39.8. The number of ketones is 1. The van der Waals surface area contributed by atoms with Crippen molar-refractivity contribution < 1.29 is 143 Å². The third-order valence-corrected chi connectivity index (χ3v) is 15.8. The SMILES string of the molecule is COCCOCCOCCOCCOc1c(OCCOCCOCCOCCOCCOCCOCCOCCOCCC(=O)NCCN2C([N+](=O)[O-])=CNC2C)cc(C(=O)CCCCCC(=O)OC(C)(C)C)cc1OCCOCCOCCOCCOCCOCCOCCOCCOCCC(=O)NCCn1c([N+](=O)[O-])cnc1C. The molecule has 3 N–H and O–H groups in total. The second kappa shape index (κ2) is 71.2. The third-order valence-electron chi connectivity index (χ3n) is 15.8. The number of hydrogen-bond acceptors (Lipinski definition) is 35. The molecule has 0 aliphatic carbocycles. The van der Waals surface area contributed by atoms with Crippen molar-refractivity contribution in [1.29, 1.82) is 0 Å². The van der Waals surface area contributed by atoms with Gasteiger partial charge in [0.25, 0.3) is 0 Å². The lowest BCUT2D eigenvalue weighted by molar-refractivity contribution is -0.445. The fraction of sp³-hybridized carbons (Fsp3) is 0.803. The molecule has 1 aliphatic heterocycles. The van der Waals surface area contributed by atoms with Crippen LogP contribution in [-0.2, 0) is 120 Å². The van der Waals surface area contributed by atoms with Crippen LogP contribution in [-0.4, -0.2) is 364 Å². The van der Waals surface area contributed by atoms with Crippen LogP contribution in [0.25, 0.3) is 0 Å². The molecular weight excluding hydrogens is 1540 g/mol. The summed E-state index contributed by atoms with van der Waals surface area (Å²) in [6.07, 6.45) is 4.88. The fourth-order valence-electron chi connectivity index (χ4n) is 9.99. The minimum absolute atomic E-state index is 0.0286. The van der Waals surface area contributed by atoms with Crippen LogP contribution in [0.2, 0.25) is 0 Å². The smallest absolute Gasteiger partial charge is 0.342 e. The minimum atomic E-state index is -0.581. The Morgan fingerprint density at radius 3 is 1.11 bits per heavy atom. The molecule has 2 amide bonds. The van der Waals surface area contributed by atoms with Crippen molar-refractivity contribution in [2.75, 3.05) is 304 Å². The number of aryl methyl sites for hydroxylation is 1. The highest BCUT2D eigenvalue weighted by molar-refractivity contribution is 5.97. The number of amides is 2. The second-order valence-electron chi connectivity index (χ2n) is 26.1. The average Bonchev–Trinajstić information content (AvgIpc) is 1.08. The van der Waals surface area contributed by atoms with E-state index in [9.17, 15) is 39.4 Å². The van der Waals surface area contributed by atoms with Crippen molar-refractivity contribution in [1.82, 2.24) is 30.4 Å². The summed E-state index contributed by atoms with van der Waals surface area (Å²) in [6.45, 7) is 24.1. The largest absolute Gasteiger partial charge is 0.487 e. The summed E-state index contributed by atoms with van der Waals surface area (Å²) < 4.78 is 137. The highest BCUT2D eigenvalue weighted by Gasteiger charge is 2.32. The summed E-state index contributed by atoms with van der Waals surface area (Å²) >= 11 is 0. The number of nitrogens with zero attached hydrogens (tertiary/aromatic N) is 5. The van der Waals surface area contributed by atoms with E-state index in [1.54, 1.807) is 38.0 Å². The van der Waals surface area contributed by atoms with E-state index < -0.39 is 15.4 Å². The zero-order valence-corrected chi connectivity index (χ0v) is 69.2. The van der Waals surface area contributed by atoms with Crippen molar-refractivity contribution in [2.45, 2.75) is 97.9 Å². The molecule has 0 fully saturated rings. The Balaban J connectivity index is 1.27. The Hall–Kier alpha value is -6.75. The summed E-state index contributed by atoms with van der Waals surface area (Å²) in [4.78, 5) is 77.2. The molecule has 1 aliphatic rings. The normalized spacial score (nSPS) is 12.8. The van der Waals surface area contributed by atoms with Crippen LogP contribution in [0.5, 0.6) is 17.2 Å². The molecule has 1 aromatic carbocycles. The summed E-state index contributed by atoms with van der Waals surface area (Å²) in [5.74, 6) is 0.303. The molecular formula is C76H132N8O32. The molecule has 3 rings (SSSR count). The standard InChI is InChI=1S/C76H132N8O32/c1-64-79-62-72(83(89)90)81(64)16-14-77-70(86)12-18-94-22-24-97-28-30-100-32-34-102-36-38-104-40-42-106-44-46-108-48-51-110-54-57-113-68-60-66(67(85)10-8-7-9-11-74(88)116-76(3,4)5)61-69(75(68)115-59-56-112-53-50-99-27-26-96-21-20-93-6)114-58-55-111-52-49-109-47-45-107-43-41-105-39-37-103-35-33-101-31-29-98-25-23-95-19-13-71(87)78-15-17-82-65(2)80-63-73(82)84(91)92/h60-64,79H,7-59H2,1-6H3,(H,77,86)(H,78,87). The molecule has 40 heteroatoms. The minimum Gasteiger partial charge on any atom is -0.487 e. The maximum absolute atomic E-state index is 13.9. The van der Waals surface area contributed by atoms with Crippen LogP contribution in [0.15, 0.2) is 30.4 Å². The molecule has 1 aromatic heterocycles. The number of esters is 1. The number of hydrogen-bond donors (Lipinski definition) is 3. The molecule has 0 spiro atoms. The van der Waals surface area contributed by atoms with Crippen LogP contribution < -0.4 is 30.2 Å². The number of imidazole rings is 1. The second-order valence-corrected chi connectivity index (χ2v) is 26.1. The van der Waals surface area contributed by atoms with Gasteiger partial charge in [-0.2, -0.15) is 0 Å².